The number of ether oxygens (including phenoxy) is 1. The first-order chi connectivity index (χ1) is 16.0. The fourth-order valence-electron chi connectivity index (χ4n) is 2.86. The number of amides is 3. The van der Waals surface area contributed by atoms with Crippen molar-refractivity contribution >= 4 is 23.5 Å². The summed E-state index contributed by atoms with van der Waals surface area (Å²) < 4.78 is 5.11. The predicted octanol–water partition coefficient (Wildman–Crippen LogP) is 4.17. The molecule has 1 fully saturated rings. The van der Waals surface area contributed by atoms with Crippen LogP contribution in [0.3, 0.4) is 0 Å². The van der Waals surface area contributed by atoms with Crippen molar-refractivity contribution in [2.24, 2.45) is 0 Å². The number of aromatic nitrogens is 2. The average molecular weight is 473 g/mol. The van der Waals surface area contributed by atoms with Gasteiger partial charge in [-0.05, 0) is 30.7 Å². The summed E-state index contributed by atoms with van der Waals surface area (Å²) >= 11 is 6.21. The standard InChI is InChI=1S/C14H13ClN4O2.C8H10O2.C2H6/c1-8-2-3-9(10(15)4-8)11-5-16-12(18-11)7-19-13(20)6-17-14(19)21;9-6-7-10-8-4-2-1-3-5-8;1-2/h2-5H,6-7H2,1H3,(H,16,18)(H,17,21);1-5,9H,6-7H2;1-2H3. The second kappa shape index (κ2) is 13.2. The zero-order valence-electron chi connectivity index (χ0n) is 19.0. The van der Waals surface area contributed by atoms with Crippen LogP contribution < -0.4 is 10.1 Å². The molecular weight excluding hydrogens is 444 g/mol. The molecule has 2 heterocycles. The molecule has 0 saturated carbocycles. The summed E-state index contributed by atoms with van der Waals surface area (Å²) in [5, 5.41) is 11.5. The van der Waals surface area contributed by atoms with E-state index in [0.29, 0.717) is 17.5 Å². The monoisotopic (exact) mass is 472 g/mol. The minimum atomic E-state index is -0.397. The van der Waals surface area contributed by atoms with Crippen molar-refractivity contribution in [3.63, 3.8) is 0 Å². The van der Waals surface area contributed by atoms with E-state index >= 15 is 0 Å². The summed E-state index contributed by atoms with van der Waals surface area (Å²) in [7, 11) is 0. The highest BCUT2D eigenvalue weighted by Gasteiger charge is 2.29. The smallest absolute Gasteiger partial charge is 0.325 e. The first-order valence-electron chi connectivity index (χ1n) is 10.6. The van der Waals surface area contributed by atoms with E-state index < -0.39 is 6.03 Å². The van der Waals surface area contributed by atoms with Gasteiger partial charge in [0.1, 0.15) is 18.2 Å². The molecule has 0 radical (unpaired) electrons. The molecule has 4 rings (SSSR count). The lowest BCUT2D eigenvalue weighted by Gasteiger charge is -2.09. The van der Waals surface area contributed by atoms with Crippen LogP contribution in [0.2, 0.25) is 5.02 Å². The Morgan fingerprint density at radius 1 is 1.15 bits per heavy atom. The van der Waals surface area contributed by atoms with E-state index in [-0.39, 0.29) is 25.6 Å². The van der Waals surface area contributed by atoms with E-state index in [4.69, 9.17) is 21.4 Å². The van der Waals surface area contributed by atoms with Crippen LogP contribution in [0.1, 0.15) is 25.2 Å². The number of aryl methyl sites for hydroxylation is 1. The molecule has 0 spiro atoms. The van der Waals surface area contributed by atoms with Gasteiger partial charge in [-0.25, -0.2) is 9.78 Å². The molecule has 0 atom stereocenters. The van der Waals surface area contributed by atoms with E-state index in [2.05, 4.69) is 15.3 Å². The van der Waals surface area contributed by atoms with Gasteiger partial charge >= 0.3 is 6.03 Å². The van der Waals surface area contributed by atoms with Crippen LogP contribution in [0.15, 0.2) is 54.7 Å². The van der Waals surface area contributed by atoms with Gasteiger partial charge in [0.15, 0.2) is 0 Å². The lowest BCUT2D eigenvalue weighted by Crippen LogP contribution is -2.30. The van der Waals surface area contributed by atoms with E-state index in [1.54, 1.807) is 6.20 Å². The summed E-state index contributed by atoms with van der Waals surface area (Å²) in [6.07, 6.45) is 1.64. The number of halogens is 1. The highest BCUT2D eigenvalue weighted by atomic mass is 35.5. The van der Waals surface area contributed by atoms with Crippen molar-refractivity contribution in [3.05, 3.63) is 71.1 Å². The van der Waals surface area contributed by atoms with Crippen molar-refractivity contribution < 1.29 is 19.4 Å². The number of rotatable bonds is 6. The van der Waals surface area contributed by atoms with Gasteiger partial charge < -0.3 is 20.1 Å². The third kappa shape index (κ3) is 7.62. The molecule has 3 N–H and O–H groups in total. The third-order valence-corrected chi connectivity index (χ3v) is 4.70. The molecule has 8 nitrogen and oxygen atoms in total. The minimum Gasteiger partial charge on any atom is -0.491 e. The maximum absolute atomic E-state index is 11.5. The molecule has 9 heteroatoms. The number of aromatic amines is 1. The number of para-hydroxylation sites is 1. The van der Waals surface area contributed by atoms with Crippen molar-refractivity contribution in [1.82, 2.24) is 20.2 Å². The molecule has 1 aromatic heterocycles. The van der Waals surface area contributed by atoms with Gasteiger partial charge in [-0.3, -0.25) is 9.69 Å². The number of nitrogens with one attached hydrogen (secondary N) is 2. The van der Waals surface area contributed by atoms with Crippen LogP contribution in [0, 0.1) is 6.92 Å². The SMILES string of the molecule is CC.Cc1ccc(-c2cnc(CN3C(=O)CNC3=O)[nH]2)c(Cl)c1.OCCOc1ccccc1. The van der Waals surface area contributed by atoms with Gasteiger partial charge in [-0.15, -0.1) is 0 Å². The summed E-state index contributed by atoms with van der Waals surface area (Å²) in [5.74, 6) is 1.08. The maximum Gasteiger partial charge on any atom is 0.325 e. The lowest BCUT2D eigenvalue weighted by molar-refractivity contribution is -0.125. The zero-order chi connectivity index (χ0) is 24.2. The molecule has 0 unspecified atom stereocenters. The number of carbonyl (C=O) groups is 2. The Kier molecular flexibility index (Phi) is 10.4. The van der Waals surface area contributed by atoms with Crippen LogP contribution in [-0.2, 0) is 11.3 Å². The van der Waals surface area contributed by atoms with E-state index in [9.17, 15) is 9.59 Å². The van der Waals surface area contributed by atoms with E-state index in [1.165, 1.54) is 0 Å². The second-order valence-corrected chi connectivity index (χ2v) is 7.16. The molecule has 0 aliphatic carbocycles. The summed E-state index contributed by atoms with van der Waals surface area (Å²) in [5.41, 5.74) is 2.66. The Morgan fingerprint density at radius 2 is 1.88 bits per heavy atom. The number of hydrogen-bond acceptors (Lipinski definition) is 5. The molecule has 0 bridgehead atoms. The molecule has 1 saturated heterocycles. The van der Waals surface area contributed by atoms with Gasteiger partial charge in [0, 0.05) is 5.56 Å². The Labute approximate surface area is 198 Å². The van der Waals surface area contributed by atoms with Crippen LogP contribution in [0.4, 0.5) is 4.79 Å². The number of imide groups is 1. The fourth-order valence-corrected chi connectivity index (χ4v) is 3.20. The average Bonchev–Trinajstić information content (AvgIpc) is 3.42. The van der Waals surface area contributed by atoms with Crippen LogP contribution in [-0.4, -0.2) is 51.7 Å². The van der Waals surface area contributed by atoms with Gasteiger partial charge in [-0.2, -0.15) is 0 Å². The summed E-state index contributed by atoms with van der Waals surface area (Å²) in [6, 6.07) is 14.8. The molecular formula is C24H29ClN4O4. The van der Waals surface area contributed by atoms with Crippen LogP contribution >= 0.6 is 11.6 Å². The van der Waals surface area contributed by atoms with Crippen molar-refractivity contribution in [2.45, 2.75) is 27.3 Å². The largest absolute Gasteiger partial charge is 0.491 e. The number of nitrogens with zero attached hydrogens (tertiary/aromatic N) is 2. The highest BCUT2D eigenvalue weighted by Crippen LogP contribution is 2.27. The fraction of sp³-hybridized carbons (Fsp3) is 0.292. The van der Waals surface area contributed by atoms with E-state index in [1.807, 2.05) is 69.3 Å². The molecule has 1 aliphatic rings. The molecule has 3 amide bonds. The Morgan fingerprint density at radius 3 is 2.48 bits per heavy atom. The lowest BCUT2D eigenvalue weighted by atomic mass is 10.1. The van der Waals surface area contributed by atoms with Gasteiger partial charge in [0.2, 0.25) is 5.91 Å². The van der Waals surface area contributed by atoms with Crippen molar-refractivity contribution in [2.75, 3.05) is 19.8 Å². The van der Waals surface area contributed by atoms with E-state index in [0.717, 1.165) is 27.5 Å². The highest BCUT2D eigenvalue weighted by molar-refractivity contribution is 6.33. The molecule has 3 aromatic rings. The van der Waals surface area contributed by atoms with Crippen molar-refractivity contribution in [3.8, 4) is 17.0 Å². The number of benzene rings is 2. The number of H-pyrrole nitrogens is 1. The number of hydrogen-bond donors (Lipinski definition) is 3. The van der Waals surface area contributed by atoms with Gasteiger partial charge in [0.05, 0.1) is 36.6 Å². The summed E-state index contributed by atoms with van der Waals surface area (Å²) in [4.78, 5) is 31.4. The quantitative estimate of drug-likeness (QED) is 0.466. The number of aliphatic hydroxyl groups is 1. The zero-order valence-corrected chi connectivity index (χ0v) is 19.7. The number of aliphatic hydroxyl groups excluding tert-OH is 1. The predicted molar refractivity (Wildman–Crippen MR) is 128 cm³/mol. The Balaban J connectivity index is 0.000000270. The van der Waals surface area contributed by atoms with Gasteiger partial charge in [0.25, 0.3) is 0 Å². The normalized spacial score (nSPS) is 12.3. The van der Waals surface area contributed by atoms with Crippen LogP contribution in [0.25, 0.3) is 11.3 Å². The Bertz CT molecular complexity index is 1020. The number of carbonyl (C=O) groups excluding carboxylic acids is 2. The third-order valence-electron chi connectivity index (χ3n) is 4.39. The van der Waals surface area contributed by atoms with Gasteiger partial charge in [-0.1, -0.05) is 55.8 Å². The molecule has 33 heavy (non-hydrogen) atoms. The molecule has 1 aliphatic heterocycles. The molecule has 2 aromatic carbocycles. The first kappa shape index (κ1) is 25.9. The second-order valence-electron chi connectivity index (χ2n) is 6.75. The number of imidazole rings is 1. The summed E-state index contributed by atoms with van der Waals surface area (Å²) in [6.45, 7) is 6.55. The maximum atomic E-state index is 11.5. The van der Waals surface area contributed by atoms with Crippen LogP contribution in [0.5, 0.6) is 5.75 Å². The Hall–Kier alpha value is -3.36. The first-order valence-corrected chi connectivity index (χ1v) is 11.0. The minimum absolute atomic E-state index is 0.0379. The van der Waals surface area contributed by atoms with Crippen molar-refractivity contribution in [1.29, 1.82) is 0 Å². The number of urea groups is 1. The topological polar surface area (TPSA) is 108 Å². The molecule has 176 valence electrons.